The van der Waals surface area contributed by atoms with Gasteiger partial charge in [-0.25, -0.2) is 4.79 Å². The number of rotatable bonds is 5. The Bertz CT molecular complexity index is 1590. The number of halogens is 3. The van der Waals surface area contributed by atoms with Crippen LogP contribution in [-0.4, -0.2) is 39.1 Å². The lowest BCUT2D eigenvalue weighted by atomic mass is 10.1. The molecule has 37 heavy (non-hydrogen) atoms. The topological polar surface area (TPSA) is 81.0 Å². The van der Waals surface area contributed by atoms with Crippen molar-refractivity contribution in [3.05, 3.63) is 75.3 Å². The van der Waals surface area contributed by atoms with E-state index < -0.39 is 17.4 Å². The molecule has 0 amide bonds. The Labute approximate surface area is 210 Å². The number of benzene rings is 2. The number of hydrogen-bond donors (Lipinski definition) is 0. The molecule has 3 heterocycles. The fraction of sp³-hybridized carbons (Fsp3) is 0.346. The van der Waals surface area contributed by atoms with Crippen LogP contribution in [0.1, 0.15) is 34.8 Å². The zero-order valence-corrected chi connectivity index (χ0v) is 20.6. The molecule has 11 heteroatoms. The van der Waals surface area contributed by atoms with Crippen molar-refractivity contribution in [2.24, 2.45) is 7.05 Å². The maximum atomic E-state index is 13.8. The van der Waals surface area contributed by atoms with Crippen molar-refractivity contribution in [1.29, 1.82) is 5.26 Å². The predicted molar refractivity (Wildman–Crippen MR) is 132 cm³/mol. The largest absolute Gasteiger partial charge is 0.494 e. The van der Waals surface area contributed by atoms with Gasteiger partial charge in [-0.3, -0.25) is 13.8 Å². The minimum atomic E-state index is -4.55. The molecule has 0 N–H and O–H groups in total. The number of methoxy groups -OCH3 is 1. The van der Waals surface area contributed by atoms with Crippen molar-refractivity contribution < 1.29 is 17.9 Å². The summed E-state index contributed by atoms with van der Waals surface area (Å²) in [6, 6.07) is 12.5. The van der Waals surface area contributed by atoms with Crippen LogP contribution in [0.4, 0.5) is 19.0 Å². The molecule has 1 aliphatic heterocycles. The highest BCUT2D eigenvalue weighted by Crippen LogP contribution is 2.35. The summed E-state index contributed by atoms with van der Waals surface area (Å²) in [5, 5.41) is 14.0. The van der Waals surface area contributed by atoms with Crippen LogP contribution in [0.2, 0.25) is 0 Å². The Morgan fingerprint density at radius 2 is 1.95 bits per heavy atom. The number of para-hydroxylation sites is 1. The maximum Gasteiger partial charge on any atom is 0.416 e. The summed E-state index contributed by atoms with van der Waals surface area (Å²) in [5.74, 6) is 1.10. The normalized spacial score (nSPS) is 15.9. The van der Waals surface area contributed by atoms with Crippen LogP contribution in [0.3, 0.4) is 0 Å². The van der Waals surface area contributed by atoms with Gasteiger partial charge in [0, 0.05) is 20.1 Å². The summed E-state index contributed by atoms with van der Waals surface area (Å²) in [5.41, 5.74) is 0.958. The number of hydrogen-bond acceptors (Lipinski definition) is 5. The van der Waals surface area contributed by atoms with E-state index in [0.29, 0.717) is 53.4 Å². The number of imidazole rings is 1. The zero-order chi connectivity index (χ0) is 26.5. The minimum absolute atomic E-state index is 0.000809. The van der Waals surface area contributed by atoms with Crippen molar-refractivity contribution >= 4 is 16.9 Å². The van der Waals surface area contributed by atoms with Crippen LogP contribution in [0, 0.1) is 18.3 Å². The Morgan fingerprint density at radius 3 is 2.65 bits per heavy atom. The van der Waals surface area contributed by atoms with Gasteiger partial charge >= 0.3 is 11.9 Å². The Hall–Kier alpha value is -4.20. The molecule has 0 spiro atoms. The van der Waals surface area contributed by atoms with Crippen molar-refractivity contribution in [1.82, 2.24) is 18.9 Å². The van der Waals surface area contributed by atoms with Crippen LogP contribution < -0.4 is 15.3 Å². The van der Waals surface area contributed by atoms with Crippen LogP contribution in [0.15, 0.2) is 47.3 Å². The molecule has 0 aliphatic carbocycles. The monoisotopic (exact) mass is 510 g/mol. The third-order valence-electron chi connectivity index (χ3n) is 6.95. The zero-order valence-electron chi connectivity index (χ0n) is 20.6. The summed E-state index contributed by atoms with van der Waals surface area (Å²) in [6.07, 6.45) is -3.93. The van der Waals surface area contributed by atoms with E-state index in [1.807, 2.05) is 4.90 Å². The number of nitriles is 1. The van der Waals surface area contributed by atoms with Gasteiger partial charge in [-0.2, -0.15) is 23.5 Å². The average Bonchev–Trinajstić information content (AvgIpc) is 3.52. The molecular formula is C26H25F3N6O2. The summed E-state index contributed by atoms with van der Waals surface area (Å²) in [6.45, 7) is 2.56. The maximum absolute atomic E-state index is 13.8. The molecule has 1 saturated heterocycles. The number of nitrogens with zero attached hydrogens (tertiary/aromatic N) is 6. The van der Waals surface area contributed by atoms with Crippen molar-refractivity contribution in [2.75, 3.05) is 25.1 Å². The summed E-state index contributed by atoms with van der Waals surface area (Å²) in [4.78, 5) is 15.9. The Morgan fingerprint density at radius 1 is 1.19 bits per heavy atom. The van der Waals surface area contributed by atoms with Crippen LogP contribution in [-0.2, 0) is 19.8 Å². The second kappa shape index (κ2) is 9.03. The molecule has 192 valence electrons. The smallest absolute Gasteiger partial charge is 0.416 e. The third-order valence-corrected chi connectivity index (χ3v) is 6.95. The molecule has 0 unspecified atom stereocenters. The van der Waals surface area contributed by atoms with Gasteiger partial charge in [0.15, 0.2) is 0 Å². The summed E-state index contributed by atoms with van der Waals surface area (Å²) in [7, 11) is 3.24. The van der Waals surface area contributed by atoms with E-state index in [9.17, 15) is 23.2 Å². The Kier molecular flexibility index (Phi) is 5.98. The highest BCUT2D eigenvalue weighted by atomic mass is 19.4. The number of aryl methyl sites for hydroxylation is 2. The molecule has 2 aromatic carbocycles. The lowest BCUT2D eigenvalue weighted by Gasteiger charge is -2.19. The fourth-order valence-corrected chi connectivity index (χ4v) is 5.36. The molecule has 8 nitrogen and oxygen atoms in total. The van der Waals surface area contributed by atoms with E-state index >= 15 is 0 Å². The van der Waals surface area contributed by atoms with Gasteiger partial charge < -0.3 is 9.64 Å². The lowest BCUT2D eigenvalue weighted by molar-refractivity contribution is -0.138. The minimum Gasteiger partial charge on any atom is -0.494 e. The van der Waals surface area contributed by atoms with E-state index in [1.165, 1.54) is 29.9 Å². The van der Waals surface area contributed by atoms with Crippen molar-refractivity contribution in [2.45, 2.75) is 32.1 Å². The van der Waals surface area contributed by atoms with Gasteiger partial charge in [-0.05, 0) is 37.1 Å². The highest BCUT2D eigenvalue weighted by Gasteiger charge is 2.35. The van der Waals surface area contributed by atoms with E-state index in [1.54, 1.807) is 41.4 Å². The quantitative estimate of drug-likeness (QED) is 0.401. The van der Waals surface area contributed by atoms with E-state index in [4.69, 9.17) is 4.74 Å². The highest BCUT2D eigenvalue weighted by molar-refractivity contribution is 5.83. The number of anilines is 1. The molecule has 0 bridgehead atoms. The molecule has 2 aromatic heterocycles. The number of aromatic nitrogens is 4. The van der Waals surface area contributed by atoms with Crippen LogP contribution in [0.5, 0.6) is 5.75 Å². The molecule has 5 rings (SSSR count). The van der Waals surface area contributed by atoms with E-state index in [-0.39, 0.29) is 18.2 Å². The first-order valence-corrected chi connectivity index (χ1v) is 11.8. The van der Waals surface area contributed by atoms with Gasteiger partial charge in [0.2, 0.25) is 0 Å². The second-order valence-electron chi connectivity index (χ2n) is 9.13. The van der Waals surface area contributed by atoms with Gasteiger partial charge in [0.05, 0.1) is 36.5 Å². The third kappa shape index (κ3) is 4.02. The molecular weight excluding hydrogens is 485 g/mol. The fourth-order valence-electron chi connectivity index (χ4n) is 5.36. The average molecular weight is 511 g/mol. The van der Waals surface area contributed by atoms with E-state index in [2.05, 4.69) is 11.2 Å². The van der Waals surface area contributed by atoms with Gasteiger partial charge in [0.1, 0.15) is 28.7 Å². The molecule has 1 fully saturated rings. The SMILES string of the molecule is COc1cccc2c1n(Cc1ccccc1C(F)(F)F)c(=O)n2[C@@H]1CCN(c2c(C#N)c(C)nn2C)C1. The standard InChI is InChI=1S/C26H25F3N6O2/c1-16-19(13-30)24(32(2)31-16)33-12-11-18(15-33)35-21-9-6-10-22(37-3)23(21)34(25(35)36)14-17-7-4-5-8-20(17)26(27,28)29/h4-10,18H,11-12,14-15H2,1-3H3/t18-/m1/s1. The second-order valence-corrected chi connectivity index (χ2v) is 9.13. The van der Waals surface area contributed by atoms with Crippen LogP contribution >= 0.6 is 0 Å². The summed E-state index contributed by atoms with van der Waals surface area (Å²) < 4.78 is 51.3. The van der Waals surface area contributed by atoms with Gasteiger partial charge in [0.25, 0.3) is 0 Å². The molecule has 1 aliphatic rings. The van der Waals surface area contributed by atoms with Gasteiger partial charge in [-0.15, -0.1) is 0 Å². The first-order valence-electron chi connectivity index (χ1n) is 11.8. The summed E-state index contributed by atoms with van der Waals surface area (Å²) >= 11 is 0. The number of ether oxygens (including phenoxy) is 1. The molecule has 4 aromatic rings. The van der Waals surface area contributed by atoms with Gasteiger partial charge in [-0.1, -0.05) is 24.3 Å². The number of fused-ring (bicyclic) bond motifs is 1. The van der Waals surface area contributed by atoms with E-state index in [0.717, 1.165) is 6.07 Å². The lowest BCUT2D eigenvalue weighted by Crippen LogP contribution is -2.30. The predicted octanol–water partition coefficient (Wildman–Crippen LogP) is 4.24. The Balaban J connectivity index is 1.61. The number of alkyl halides is 3. The molecule has 0 saturated carbocycles. The molecule has 1 atom stereocenters. The first-order chi connectivity index (χ1) is 17.7. The first kappa shape index (κ1) is 24.5. The van der Waals surface area contributed by atoms with Crippen molar-refractivity contribution in [3.8, 4) is 11.8 Å². The molecule has 0 radical (unpaired) electrons. The van der Waals surface area contributed by atoms with Crippen molar-refractivity contribution in [3.63, 3.8) is 0 Å². The van der Waals surface area contributed by atoms with Crippen LogP contribution in [0.25, 0.3) is 11.0 Å².